The lowest BCUT2D eigenvalue weighted by atomic mass is 10.0. The van der Waals surface area contributed by atoms with Crippen molar-refractivity contribution in [3.05, 3.63) is 33.0 Å². The number of hydrogen-bond donors (Lipinski definition) is 3. The smallest absolute Gasteiger partial charge is 0.305 e. The van der Waals surface area contributed by atoms with Gasteiger partial charge in [0, 0.05) is 18.5 Å². The highest BCUT2D eigenvalue weighted by atomic mass is 127. The number of carbonyl (C=O) groups excluding carboxylic acids is 1. The van der Waals surface area contributed by atoms with Crippen molar-refractivity contribution in [1.82, 2.24) is 4.98 Å². The summed E-state index contributed by atoms with van der Waals surface area (Å²) >= 11 is 8.20. The molecule has 0 bridgehead atoms. The van der Waals surface area contributed by atoms with Gasteiger partial charge in [-0.25, -0.2) is 0 Å². The van der Waals surface area contributed by atoms with E-state index in [0.29, 0.717) is 19.5 Å². The van der Waals surface area contributed by atoms with Gasteiger partial charge < -0.3 is 24.8 Å². The SMILES string of the molecule is CC(=O)OC1OC(Oc2c(I)cc(Cl)c3cccnc23)C(O)C(O)C1O. The summed E-state index contributed by atoms with van der Waals surface area (Å²) < 4.78 is 16.5. The summed E-state index contributed by atoms with van der Waals surface area (Å²) in [5, 5.41) is 31.2. The predicted molar refractivity (Wildman–Crippen MR) is 98.5 cm³/mol. The fourth-order valence-corrected chi connectivity index (χ4v) is 3.69. The van der Waals surface area contributed by atoms with Crippen molar-refractivity contribution >= 4 is 51.1 Å². The van der Waals surface area contributed by atoms with Crippen molar-refractivity contribution in [2.75, 3.05) is 0 Å². The van der Waals surface area contributed by atoms with E-state index in [1.54, 1.807) is 24.4 Å². The van der Waals surface area contributed by atoms with Gasteiger partial charge in [0.2, 0.25) is 12.6 Å². The molecule has 0 aliphatic carbocycles. The topological polar surface area (TPSA) is 118 Å². The van der Waals surface area contributed by atoms with E-state index in [2.05, 4.69) is 4.98 Å². The average Bonchev–Trinajstić information content (AvgIpc) is 2.60. The van der Waals surface area contributed by atoms with Crippen LogP contribution in [0.15, 0.2) is 24.4 Å². The minimum atomic E-state index is -1.64. The molecule has 5 unspecified atom stereocenters. The van der Waals surface area contributed by atoms with Crippen LogP contribution in [-0.2, 0) is 14.3 Å². The van der Waals surface area contributed by atoms with Crippen LogP contribution in [-0.4, -0.2) is 57.2 Å². The number of benzene rings is 1. The van der Waals surface area contributed by atoms with E-state index in [9.17, 15) is 20.1 Å². The molecule has 140 valence electrons. The van der Waals surface area contributed by atoms with Crippen molar-refractivity contribution in [2.45, 2.75) is 37.8 Å². The van der Waals surface area contributed by atoms with E-state index in [1.807, 2.05) is 22.6 Å². The lowest BCUT2D eigenvalue weighted by Gasteiger charge is -2.39. The Hall–Kier alpha value is -1.24. The first-order valence-electron chi connectivity index (χ1n) is 7.56. The first-order chi connectivity index (χ1) is 12.3. The Labute approximate surface area is 166 Å². The molecule has 1 saturated heterocycles. The molecule has 0 radical (unpaired) electrons. The monoisotopic (exact) mass is 495 g/mol. The highest BCUT2D eigenvalue weighted by molar-refractivity contribution is 14.1. The number of nitrogens with zero attached hydrogens (tertiary/aromatic N) is 1. The molecule has 2 heterocycles. The fraction of sp³-hybridized carbons (Fsp3) is 0.375. The lowest BCUT2D eigenvalue weighted by molar-refractivity contribution is -0.324. The van der Waals surface area contributed by atoms with E-state index >= 15 is 0 Å². The molecule has 26 heavy (non-hydrogen) atoms. The number of carbonyl (C=O) groups is 1. The van der Waals surface area contributed by atoms with Crippen LogP contribution in [0.5, 0.6) is 5.75 Å². The second-order valence-electron chi connectivity index (χ2n) is 5.64. The van der Waals surface area contributed by atoms with Crippen LogP contribution < -0.4 is 4.74 Å². The molecule has 0 spiro atoms. The maximum atomic E-state index is 11.2. The summed E-state index contributed by atoms with van der Waals surface area (Å²) in [6, 6.07) is 5.13. The van der Waals surface area contributed by atoms with Crippen LogP contribution in [0.25, 0.3) is 10.9 Å². The minimum absolute atomic E-state index is 0.278. The highest BCUT2D eigenvalue weighted by Gasteiger charge is 2.47. The van der Waals surface area contributed by atoms with Crippen molar-refractivity contribution in [2.24, 2.45) is 0 Å². The number of aromatic nitrogens is 1. The number of aliphatic hydroxyl groups excluding tert-OH is 3. The van der Waals surface area contributed by atoms with Crippen molar-refractivity contribution in [3.8, 4) is 5.75 Å². The number of fused-ring (bicyclic) bond motifs is 1. The number of rotatable bonds is 3. The summed E-state index contributed by atoms with van der Waals surface area (Å²) in [6.07, 6.45) is -6.17. The van der Waals surface area contributed by atoms with Crippen LogP contribution in [0.1, 0.15) is 6.92 Å². The maximum Gasteiger partial charge on any atom is 0.305 e. The minimum Gasteiger partial charge on any atom is -0.458 e. The molecule has 1 fully saturated rings. The van der Waals surface area contributed by atoms with Gasteiger partial charge >= 0.3 is 5.97 Å². The quantitative estimate of drug-likeness (QED) is 0.429. The van der Waals surface area contributed by atoms with Gasteiger partial charge in [-0.05, 0) is 40.8 Å². The van der Waals surface area contributed by atoms with Crippen LogP contribution in [0.4, 0.5) is 0 Å². The Balaban J connectivity index is 1.95. The number of halogens is 2. The number of esters is 1. The van der Waals surface area contributed by atoms with E-state index < -0.39 is 36.9 Å². The molecule has 0 saturated carbocycles. The first kappa shape index (κ1) is 19.5. The molecule has 8 nitrogen and oxygen atoms in total. The van der Waals surface area contributed by atoms with Gasteiger partial charge in [0.1, 0.15) is 23.8 Å². The van der Waals surface area contributed by atoms with Gasteiger partial charge in [-0.15, -0.1) is 0 Å². The van der Waals surface area contributed by atoms with Gasteiger partial charge in [-0.3, -0.25) is 14.5 Å². The van der Waals surface area contributed by atoms with Gasteiger partial charge in [0.05, 0.1) is 8.59 Å². The van der Waals surface area contributed by atoms with Crippen LogP contribution in [0.3, 0.4) is 0 Å². The second kappa shape index (κ2) is 7.79. The molecule has 0 amide bonds. The van der Waals surface area contributed by atoms with Crippen LogP contribution >= 0.6 is 34.2 Å². The molecule has 1 aliphatic rings. The Bertz CT molecular complexity index is 836. The zero-order valence-electron chi connectivity index (χ0n) is 13.4. The van der Waals surface area contributed by atoms with Gasteiger partial charge in [0.25, 0.3) is 0 Å². The molecular weight excluding hydrogens is 481 g/mol. The third-order valence-electron chi connectivity index (χ3n) is 3.79. The zero-order valence-corrected chi connectivity index (χ0v) is 16.3. The van der Waals surface area contributed by atoms with Crippen molar-refractivity contribution < 1.29 is 34.3 Å². The molecular formula is C16H15ClINO7. The number of aliphatic hydroxyl groups is 3. The lowest BCUT2D eigenvalue weighted by Crippen LogP contribution is -2.60. The molecule has 3 rings (SSSR count). The Morgan fingerprint density at radius 3 is 2.65 bits per heavy atom. The normalized spacial score (nSPS) is 28.8. The average molecular weight is 496 g/mol. The molecule has 3 N–H and O–H groups in total. The molecule has 10 heteroatoms. The van der Waals surface area contributed by atoms with Crippen molar-refractivity contribution in [1.29, 1.82) is 0 Å². The summed E-state index contributed by atoms with van der Waals surface area (Å²) in [6.45, 7) is 1.13. The van der Waals surface area contributed by atoms with Crippen LogP contribution in [0.2, 0.25) is 5.02 Å². The Morgan fingerprint density at radius 2 is 1.96 bits per heavy atom. The number of pyridine rings is 1. The summed E-state index contributed by atoms with van der Waals surface area (Å²) in [5.74, 6) is -0.440. The molecule has 2 aromatic rings. The van der Waals surface area contributed by atoms with Gasteiger partial charge in [-0.2, -0.15) is 0 Å². The largest absolute Gasteiger partial charge is 0.458 e. The standard InChI is InChI=1S/C16H15ClINO7/c1-6(20)24-15-12(22)11(21)13(23)16(26-15)25-14-9(18)5-8(17)7-3-2-4-19-10(7)14/h2-5,11-13,15-16,21-23H,1H3. The number of ether oxygens (including phenoxy) is 3. The van der Waals surface area contributed by atoms with Gasteiger partial charge in [-0.1, -0.05) is 11.6 Å². The third-order valence-corrected chi connectivity index (χ3v) is 4.91. The zero-order chi connectivity index (χ0) is 19.0. The number of hydrogen-bond acceptors (Lipinski definition) is 8. The first-order valence-corrected chi connectivity index (χ1v) is 9.01. The molecule has 5 atom stereocenters. The molecule has 1 aromatic heterocycles. The Morgan fingerprint density at radius 1 is 1.27 bits per heavy atom. The van der Waals surface area contributed by atoms with Gasteiger partial charge in [0.15, 0.2) is 5.75 Å². The predicted octanol–water partition coefficient (Wildman–Crippen LogP) is 1.20. The van der Waals surface area contributed by atoms with E-state index in [1.165, 1.54) is 0 Å². The third kappa shape index (κ3) is 3.73. The fourth-order valence-electron chi connectivity index (χ4n) is 2.55. The van der Waals surface area contributed by atoms with E-state index in [0.717, 1.165) is 6.92 Å². The Kier molecular flexibility index (Phi) is 5.85. The molecule has 1 aliphatic heterocycles. The molecule has 1 aromatic carbocycles. The second-order valence-corrected chi connectivity index (χ2v) is 7.21. The van der Waals surface area contributed by atoms with Crippen molar-refractivity contribution in [3.63, 3.8) is 0 Å². The van der Waals surface area contributed by atoms with E-state index in [-0.39, 0.29) is 5.75 Å². The van der Waals surface area contributed by atoms with Crippen LogP contribution in [0, 0.1) is 3.57 Å². The summed E-state index contributed by atoms with van der Waals surface area (Å²) in [5.41, 5.74) is 0.435. The summed E-state index contributed by atoms with van der Waals surface area (Å²) in [7, 11) is 0. The summed E-state index contributed by atoms with van der Waals surface area (Å²) in [4.78, 5) is 15.4. The maximum absolute atomic E-state index is 11.2. The van der Waals surface area contributed by atoms with E-state index in [4.69, 9.17) is 25.8 Å². The highest BCUT2D eigenvalue weighted by Crippen LogP contribution is 2.36.